The molecule has 1 unspecified atom stereocenters. The molecule has 2 aliphatic rings. The Morgan fingerprint density at radius 1 is 1.53 bits per heavy atom. The number of carboxylic acid groups (broad SMARTS) is 1. The van der Waals surface area contributed by atoms with E-state index in [1.807, 2.05) is 0 Å². The van der Waals surface area contributed by atoms with E-state index < -0.39 is 28.8 Å². The van der Waals surface area contributed by atoms with Crippen molar-refractivity contribution in [1.82, 2.24) is 10.2 Å². The number of nitrogens with zero attached hydrogens (tertiary/aromatic N) is 1. The van der Waals surface area contributed by atoms with Crippen LogP contribution in [0.1, 0.15) is 13.8 Å². The Kier molecular flexibility index (Phi) is 2.49. The molecule has 2 saturated heterocycles. The van der Waals surface area contributed by atoms with Crippen LogP contribution >= 0.6 is 11.8 Å². The van der Waals surface area contributed by atoms with Gasteiger partial charge < -0.3 is 21.1 Å². The fraction of sp³-hybridized carbons (Fsp3) is 0.667. The molecule has 7 nitrogen and oxygen atoms in total. The lowest BCUT2D eigenvalue weighted by molar-refractivity contribution is -0.159. The third-order valence-electron chi connectivity index (χ3n) is 2.97. The van der Waals surface area contributed by atoms with Gasteiger partial charge in [-0.2, -0.15) is 0 Å². The van der Waals surface area contributed by atoms with Crippen LogP contribution in [0.2, 0.25) is 0 Å². The minimum absolute atomic E-state index is 0.342. The van der Waals surface area contributed by atoms with E-state index in [0.717, 1.165) is 0 Å². The maximum Gasteiger partial charge on any atom is 0.327 e. The zero-order valence-electron chi connectivity index (χ0n) is 9.34. The molecule has 94 valence electrons. The molecule has 0 saturated carbocycles. The lowest BCUT2D eigenvalue weighted by Crippen LogP contribution is -2.71. The van der Waals surface area contributed by atoms with Crippen molar-refractivity contribution in [3.63, 3.8) is 0 Å². The Hall–Kier alpha value is -1.44. The summed E-state index contributed by atoms with van der Waals surface area (Å²) in [4.78, 5) is 34.9. The van der Waals surface area contributed by atoms with Gasteiger partial charge in [-0.3, -0.25) is 4.79 Å². The van der Waals surface area contributed by atoms with Crippen molar-refractivity contribution in [2.24, 2.45) is 5.73 Å². The second kappa shape index (κ2) is 3.52. The van der Waals surface area contributed by atoms with Gasteiger partial charge in [-0.1, -0.05) is 0 Å². The summed E-state index contributed by atoms with van der Waals surface area (Å²) in [5, 5.41) is 11.1. The molecule has 2 aliphatic heterocycles. The van der Waals surface area contributed by atoms with E-state index in [2.05, 4.69) is 5.32 Å². The number of carbonyl (C=O) groups excluding carboxylic acids is 2. The van der Waals surface area contributed by atoms with Gasteiger partial charge in [0, 0.05) is 4.75 Å². The van der Waals surface area contributed by atoms with Crippen LogP contribution in [-0.2, 0) is 9.59 Å². The van der Waals surface area contributed by atoms with Gasteiger partial charge in [0.05, 0.1) is 0 Å². The molecule has 0 aromatic rings. The summed E-state index contributed by atoms with van der Waals surface area (Å²) in [6, 6.07) is -2.35. The fourth-order valence-corrected chi connectivity index (χ4v) is 3.92. The maximum absolute atomic E-state index is 11.8. The lowest BCUT2D eigenvalue weighted by Gasteiger charge is -2.43. The largest absolute Gasteiger partial charge is 0.480 e. The third kappa shape index (κ3) is 1.63. The van der Waals surface area contributed by atoms with E-state index in [1.54, 1.807) is 13.8 Å². The maximum atomic E-state index is 11.8. The molecule has 8 heteroatoms. The molecule has 0 aliphatic carbocycles. The molecule has 2 fully saturated rings. The van der Waals surface area contributed by atoms with Crippen molar-refractivity contribution in [2.75, 3.05) is 0 Å². The van der Waals surface area contributed by atoms with Gasteiger partial charge in [0.1, 0.15) is 17.5 Å². The molecular weight excluding hydrogens is 246 g/mol. The van der Waals surface area contributed by atoms with Crippen LogP contribution in [0.3, 0.4) is 0 Å². The Morgan fingerprint density at radius 2 is 2.12 bits per heavy atom. The van der Waals surface area contributed by atoms with Crippen molar-refractivity contribution in [3.8, 4) is 0 Å². The number of hydrogen-bond acceptors (Lipinski definition) is 4. The van der Waals surface area contributed by atoms with Crippen molar-refractivity contribution < 1.29 is 19.5 Å². The van der Waals surface area contributed by atoms with Crippen molar-refractivity contribution >= 4 is 29.7 Å². The highest BCUT2D eigenvalue weighted by Gasteiger charge is 2.64. The van der Waals surface area contributed by atoms with Crippen LogP contribution in [0.15, 0.2) is 0 Å². The van der Waals surface area contributed by atoms with Gasteiger partial charge in [0.2, 0.25) is 5.91 Å². The van der Waals surface area contributed by atoms with Crippen LogP contribution in [0.5, 0.6) is 0 Å². The fourth-order valence-electron chi connectivity index (χ4n) is 2.30. The number of thioether (sulfide) groups is 1. The first-order valence-electron chi connectivity index (χ1n) is 5.04. The van der Waals surface area contributed by atoms with E-state index in [-0.39, 0.29) is 11.3 Å². The van der Waals surface area contributed by atoms with Gasteiger partial charge in [-0.05, 0) is 13.8 Å². The number of fused-ring (bicyclic) bond motifs is 1. The van der Waals surface area contributed by atoms with E-state index >= 15 is 0 Å². The zero-order chi connectivity index (χ0) is 13.0. The highest BCUT2D eigenvalue weighted by Crippen LogP contribution is 2.50. The van der Waals surface area contributed by atoms with Crippen LogP contribution in [0, 0.1) is 0 Å². The number of nitrogens with two attached hydrogens (primary N) is 1. The predicted octanol–water partition coefficient (Wildman–Crippen LogP) is -0.830. The van der Waals surface area contributed by atoms with Gasteiger partial charge in [0.25, 0.3) is 0 Å². The molecule has 0 aromatic carbocycles. The summed E-state index contributed by atoms with van der Waals surface area (Å²) in [7, 11) is 0. The Morgan fingerprint density at radius 3 is 2.59 bits per heavy atom. The van der Waals surface area contributed by atoms with E-state index in [9.17, 15) is 14.4 Å². The van der Waals surface area contributed by atoms with Crippen molar-refractivity contribution in [1.29, 1.82) is 0 Å². The normalized spacial score (nSPS) is 33.9. The third-order valence-corrected chi connectivity index (χ3v) is 4.54. The van der Waals surface area contributed by atoms with Crippen LogP contribution in [0.4, 0.5) is 4.79 Å². The Bertz CT molecular complexity index is 411. The predicted molar refractivity (Wildman–Crippen MR) is 60.2 cm³/mol. The number of amides is 3. The summed E-state index contributed by atoms with van der Waals surface area (Å²) in [5.41, 5.74) is 4.96. The number of carboxylic acids is 1. The van der Waals surface area contributed by atoms with Crippen molar-refractivity contribution in [2.45, 2.75) is 36.1 Å². The number of carbonyl (C=O) groups is 3. The first-order valence-corrected chi connectivity index (χ1v) is 5.92. The molecule has 4 N–H and O–H groups in total. The minimum atomic E-state index is -1.03. The van der Waals surface area contributed by atoms with E-state index in [0.29, 0.717) is 0 Å². The summed E-state index contributed by atoms with van der Waals surface area (Å²) in [6.45, 7) is 3.53. The standard InChI is InChI=1S/C9H13N3O4S/c1-9(2)4(7(14)15)12-5(13)3(6(12)17-9)11-8(10)16/h3-4,6H,1-2H3,(H,14,15)(H3,10,11,16)/t3?,4-,6+/m0/s1. The van der Waals surface area contributed by atoms with Gasteiger partial charge >= 0.3 is 12.0 Å². The summed E-state index contributed by atoms with van der Waals surface area (Å²) >= 11 is 1.36. The highest BCUT2D eigenvalue weighted by molar-refractivity contribution is 8.01. The van der Waals surface area contributed by atoms with Gasteiger partial charge in [-0.15, -0.1) is 11.8 Å². The SMILES string of the molecule is CC1(C)S[C@@H]2C(NC(N)=O)C(=O)N2[C@H]1C(=O)O. The van der Waals surface area contributed by atoms with E-state index in [4.69, 9.17) is 10.8 Å². The number of urea groups is 1. The number of hydrogen-bond donors (Lipinski definition) is 3. The van der Waals surface area contributed by atoms with Crippen molar-refractivity contribution in [3.05, 3.63) is 0 Å². The molecule has 17 heavy (non-hydrogen) atoms. The molecule has 0 radical (unpaired) electrons. The second-order valence-corrected chi connectivity index (χ2v) is 6.36. The molecule has 3 atom stereocenters. The summed E-state index contributed by atoms with van der Waals surface area (Å²) in [6.07, 6.45) is 0. The molecule has 0 aromatic heterocycles. The topological polar surface area (TPSA) is 113 Å². The summed E-state index contributed by atoms with van der Waals surface area (Å²) < 4.78 is -0.583. The lowest BCUT2D eigenvalue weighted by atomic mass is 9.96. The number of β-lactam (4-membered cyclic amide) rings is 1. The van der Waals surface area contributed by atoms with Crippen LogP contribution in [-0.4, -0.2) is 50.1 Å². The Labute approximate surface area is 102 Å². The number of nitrogens with one attached hydrogen (secondary N) is 1. The van der Waals surface area contributed by atoms with Gasteiger partial charge in [0.15, 0.2) is 0 Å². The molecule has 0 spiro atoms. The highest BCUT2D eigenvalue weighted by atomic mass is 32.2. The van der Waals surface area contributed by atoms with Gasteiger partial charge in [-0.25, -0.2) is 9.59 Å². The zero-order valence-corrected chi connectivity index (χ0v) is 10.2. The molecular formula is C9H13N3O4S. The second-order valence-electron chi connectivity index (χ2n) is 4.58. The first-order chi connectivity index (χ1) is 7.75. The number of rotatable bonds is 2. The first kappa shape index (κ1) is 12.0. The average molecular weight is 259 g/mol. The average Bonchev–Trinajstić information content (AvgIpc) is 2.43. The minimum Gasteiger partial charge on any atom is -0.480 e. The van der Waals surface area contributed by atoms with Crippen LogP contribution < -0.4 is 11.1 Å². The molecule has 0 bridgehead atoms. The summed E-state index contributed by atoms with van der Waals surface area (Å²) in [5.74, 6) is -1.42. The molecule has 2 rings (SSSR count). The quantitative estimate of drug-likeness (QED) is 0.560. The van der Waals surface area contributed by atoms with Crippen LogP contribution in [0.25, 0.3) is 0 Å². The molecule has 2 heterocycles. The number of primary amides is 1. The molecule has 3 amide bonds. The Balaban J connectivity index is 2.21. The monoisotopic (exact) mass is 259 g/mol. The number of aliphatic carboxylic acids is 1. The van der Waals surface area contributed by atoms with E-state index in [1.165, 1.54) is 16.7 Å². The smallest absolute Gasteiger partial charge is 0.327 e.